The van der Waals surface area contributed by atoms with E-state index in [2.05, 4.69) is 4.98 Å². The minimum absolute atomic E-state index is 0.00681. The number of nitrogens with zero attached hydrogens (tertiary/aromatic N) is 3. The van der Waals surface area contributed by atoms with Crippen molar-refractivity contribution in [3.63, 3.8) is 0 Å². The minimum atomic E-state index is -0.363. The second-order valence-corrected chi connectivity index (χ2v) is 5.00. The number of halogens is 1. The molecule has 2 heterocycles. The molecule has 21 heavy (non-hydrogen) atoms. The van der Waals surface area contributed by atoms with Crippen molar-refractivity contribution in [2.24, 2.45) is 7.05 Å². The van der Waals surface area contributed by atoms with Crippen LogP contribution in [0.4, 0.5) is 10.1 Å². The van der Waals surface area contributed by atoms with E-state index in [9.17, 15) is 9.18 Å². The number of hydrogen-bond donors (Lipinski definition) is 0. The van der Waals surface area contributed by atoms with Crippen molar-refractivity contribution in [3.05, 3.63) is 42.2 Å². The van der Waals surface area contributed by atoms with Gasteiger partial charge in [-0.05, 0) is 18.6 Å². The van der Waals surface area contributed by atoms with Gasteiger partial charge in [0.1, 0.15) is 18.2 Å². The lowest BCUT2D eigenvalue weighted by atomic mass is 10.2. The smallest absolute Gasteiger partial charge is 0.227 e. The number of ether oxygens (including phenoxy) is 1. The molecule has 0 fully saturated rings. The largest absolute Gasteiger partial charge is 0.489 e. The van der Waals surface area contributed by atoms with Crippen LogP contribution >= 0.6 is 0 Å². The molecule has 0 aliphatic carbocycles. The highest BCUT2D eigenvalue weighted by Crippen LogP contribution is 2.32. The molecule has 1 aromatic carbocycles. The van der Waals surface area contributed by atoms with E-state index in [1.807, 2.05) is 11.6 Å². The molecule has 0 N–H and O–H groups in total. The van der Waals surface area contributed by atoms with Crippen LogP contribution < -0.4 is 9.64 Å². The number of benzene rings is 1. The fourth-order valence-electron chi connectivity index (χ4n) is 2.45. The summed E-state index contributed by atoms with van der Waals surface area (Å²) in [5.74, 6) is 0.0698. The van der Waals surface area contributed by atoms with Crippen LogP contribution in [0.1, 0.15) is 12.1 Å². The van der Waals surface area contributed by atoms with Crippen LogP contribution in [0.3, 0.4) is 0 Å². The Morgan fingerprint density at radius 2 is 2.33 bits per heavy atom. The predicted octanol–water partition coefficient (Wildman–Crippen LogP) is 1.92. The summed E-state index contributed by atoms with van der Waals surface area (Å²) in [6.07, 6.45) is 4.49. The molecular weight excluding hydrogens is 273 g/mol. The Labute approximate surface area is 122 Å². The summed E-state index contributed by atoms with van der Waals surface area (Å²) in [4.78, 5) is 18.1. The third-order valence-corrected chi connectivity index (χ3v) is 3.60. The van der Waals surface area contributed by atoms with Crippen LogP contribution in [0, 0.1) is 5.82 Å². The maximum atomic E-state index is 13.2. The second-order valence-electron chi connectivity index (χ2n) is 5.00. The average molecular weight is 289 g/mol. The zero-order chi connectivity index (χ0) is 14.8. The highest BCUT2D eigenvalue weighted by molar-refractivity contribution is 5.95. The Balaban J connectivity index is 1.73. The van der Waals surface area contributed by atoms with E-state index in [1.165, 1.54) is 12.1 Å². The Kier molecular flexibility index (Phi) is 3.60. The van der Waals surface area contributed by atoms with Crippen LogP contribution in [0.25, 0.3) is 0 Å². The average Bonchev–Trinajstić information content (AvgIpc) is 2.89. The minimum Gasteiger partial charge on any atom is -0.489 e. The summed E-state index contributed by atoms with van der Waals surface area (Å²) in [5.41, 5.74) is 1.65. The molecule has 0 saturated carbocycles. The third-order valence-electron chi connectivity index (χ3n) is 3.60. The van der Waals surface area contributed by atoms with Crippen molar-refractivity contribution in [1.29, 1.82) is 0 Å². The van der Waals surface area contributed by atoms with Gasteiger partial charge in [0.05, 0.1) is 18.6 Å². The predicted molar refractivity (Wildman–Crippen MR) is 75.8 cm³/mol. The molecular formula is C15H16FN3O2. The summed E-state index contributed by atoms with van der Waals surface area (Å²) in [5, 5.41) is 0. The number of carbonyl (C=O) groups is 1. The molecule has 1 amide bonds. The molecule has 0 radical (unpaired) electrons. The molecule has 0 saturated heterocycles. The highest BCUT2D eigenvalue weighted by atomic mass is 19.1. The number of rotatable bonds is 3. The number of fused-ring (bicyclic) bond motifs is 1. The zero-order valence-electron chi connectivity index (χ0n) is 11.8. The standard InChI is InChI=1S/C15H16FN3O2/c1-18-10-17-9-12(18)3-5-15(20)19-6-7-21-14-8-11(16)2-4-13(14)19/h2,4,8-10H,3,5-7H2,1H3. The summed E-state index contributed by atoms with van der Waals surface area (Å²) >= 11 is 0. The van der Waals surface area contributed by atoms with Crippen LogP contribution in [-0.2, 0) is 18.3 Å². The van der Waals surface area contributed by atoms with E-state index in [4.69, 9.17) is 4.74 Å². The molecule has 0 atom stereocenters. The van der Waals surface area contributed by atoms with E-state index in [-0.39, 0.29) is 11.7 Å². The van der Waals surface area contributed by atoms with Crippen LogP contribution in [0.5, 0.6) is 5.75 Å². The lowest BCUT2D eigenvalue weighted by molar-refractivity contribution is -0.118. The number of aromatic nitrogens is 2. The Morgan fingerprint density at radius 1 is 1.48 bits per heavy atom. The summed E-state index contributed by atoms with van der Waals surface area (Å²) in [6.45, 7) is 0.872. The first kappa shape index (κ1) is 13.6. The fourth-order valence-corrected chi connectivity index (χ4v) is 2.45. The first-order valence-electron chi connectivity index (χ1n) is 6.83. The number of anilines is 1. The SMILES string of the molecule is Cn1cncc1CCC(=O)N1CCOc2cc(F)ccc21. The van der Waals surface area contributed by atoms with Crippen molar-refractivity contribution in [1.82, 2.24) is 9.55 Å². The van der Waals surface area contributed by atoms with Gasteiger partial charge in [0.15, 0.2) is 0 Å². The van der Waals surface area contributed by atoms with Crippen molar-refractivity contribution in [2.75, 3.05) is 18.1 Å². The van der Waals surface area contributed by atoms with E-state index < -0.39 is 0 Å². The Bertz CT molecular complexity index is 669. The first-order valence-corrected chi connectivity index (χ1v) is 6.83. The second kappa shape index (κ2) is 5.55. The fraction of sp³-hybridized carbons (Fsp3) is 0.333. The van der Waals surface area contributed by atoms with Gasteiger partial charge in [-0.3, -0.25) is 4.79 Å². The zero-order valence-corrected chi connectivity index (χ0v) is 11.8. The lowest BCUT2D eigenvalue weighted by Crippen LogP contribution is -2.38. The first-order chi connectivity index (χ1) is 10.1. The number of aryl methyl sites for hydroxylation is 2. The van der Waals surface area contributed by atoms with Gasteiger partial charge in [0, 0.05) is 31.4 Å². The van der Waals surface area contributed by atoms with Gasteiger partial charge in [0.2, 0.25) is 5.91 Å². The van der Waals surface area contributed by atoms with Crippen molar-refractivity contribution >= 4 is 11.6 Å². The van der Waals surface area contributed by atoms with Crippen molar-refractivity contribution in [3.8, 4) is 5.75 Å². The topological polar surface area (TPSA) is 47.4 Å². The molecule has 3 rings (SSSR count). The van der Waals surface area contributed by atoms with E-state index in [0.717, 1.165) is 5.69 Å². The quantitative estimate of drug-likeness (QED) is 0.867. The summed E-state index contributed by atoms with van der Waals surface area (Å²) in [6, 6.07) is 4.25. The highest BCUT2D eigenvalue weighted by Gasteiger charge is 2.23. The number of imidazole rings is 1. The molecule has 6 heteroatoms. The molecule has 1 aliphatic heterocycles. The van der Waals surface area contributed by atoms with Crippen molar-refractivity contribution < 1.29 is 13.9 Å². The van der Waals surface area contributed by atoms with E-state index >= 15 is 0 Å². The molecule has 5 nitrogen and oxygen atoms in total. The maximum absolute atomic E-state index is 13.2. The number of carbonyl (C=O) groups excluding carboxylic acids is 1. The van der Waals surface area contributed by atoms with Crippen LogP contribution in [-0.4, -0.2) is 28.6 Å². The molecule has 1 aromatic heterocycles. The summed E-state index contributed by atoms with van der Waals surface area (Å²) in [7, 11) is 1.90. The van der Waals surface area contributed by atoms with Gasteiger partial charge in [-0.1, -0.05) is 0 Å². The lowest BCUT2D eigenvalue weighted by Gasteiger charge is -2.29. The maximum Gasteiger partial charge on any atom is 0.227 e. The molecule has 0 spiro atoms. The molecule has 0 unspecified atom stereocenters. The molecule has 110 valence electrons. The van der Waals surface area contributed by atoms with Crippen LogP contribution in [0.2, 0.25) is 0 Å². The van der Waals surface area contributed by atoms with Gasteiger partial charge < -0.3 is 14.2 Å². The van der Waals surface area contributed by atoms with Crippen molar-refractivity contribution in [2.45, 2.75) is 12.8 Å². The van der Waals surface area contributed by atoms with E-state index in [0.29, 0.717) is 37.4 Å². The Hall–Kier alpha value is -2.37. The molecule has 1 aliphatic rings. The summed E-state index contributed by atoms with van der Waals surface area (Å²) < 4.78 is 20.5. The van der Waals surface area contributed by atoms with Crippen LogP contribution in [0.15, 0.2) is 30.7 Å². The third kappa shape index (κ3) is 2.74. The molecule has 0 bridgehead atoms. The van der Waals surface area contributed by atoms with E-state index in [1.54, 1.807) is 23.5 Å². The monoisotopic (exact) mass is 289 g/mol. The van der Waals surface area contributed by atoms with Gasteiger partial charge in [0.25, 0.3) is 0 Å². The number of amides is 1. The Morgan fingerprint density at radius 3 is 3.10 bits per heavy atom. The van der Waals surface area contributed by atoms with Gasteiger partial charge >= 0.3 is 0 Å². The normalized spacial score (nSPS) is 13.7. The van der Waals surface area contributed by atoms with Gasteiger partial charge in [-0.25, -0.2) is 9.37 Å². The molecule has 2 aromatic rings. The number of hydrogen-bond acceptors (Lipinski definition) is 3. The van der Waals surface area contributed by atoms with Gasteiger partial charge in [-0.2, -0.15) is 0 Å². The van der Waals surface area contributed by atoms with Gasteiger partial charge in [-0.15, -0.1) is 0 Å².